The van der Waals surface area contributed by atoms with Crippen LogP contribution in [-0.4, -0.2) is 9.78 Å². The maximum Gasteiger partial charge on any atom is 0.129 e. The third-order valence-electron chi connectivity index (χ3n) is 3.76. The highest BCUT2D eigenvalue weighted by Crippen LogP contribution is 2.42. The smallest absolute Gasteiger partial charge is 0.129 e. The van der Waals surface area contributed by atoms with Crippen molar-refractivity contribution in [3.05, 3.63) is 33.9 Å². The highest BCUT2D eigenvalue weighted by atomic mass is 35.5. The SMILES string of the molecule is CC(C)C(C)c1nn(C)c(N)c1-c1c(Cl)cccc1Cl. The first-order valence-corrected chi connectivity index (χ1v) is 7.37. The highest BCUT2D eigenvalue weighted by molar-refractivity contribution is 6.39. The van der Waals surface area contributed by atoms with Gasteiger partial charge in [0.05, 0.1) is 21.3 Å². The van der Waals surface area contributed by atoms with Gasteiger partial charge in [0.25, 0.3) is 0 Å². The number of hydrogen-bond acceptors (Lipinski definition) is 2. The van der Waals surface area contributed by atoms with Crippen LogP contribution in [-0.2, 0) is 7.05 Å². The third kappa shape index (κ3) is 2.52. The van der Waals surface area contributed by atoms with Crippen molar-refractivity contribution < 1.29 is 0 Å². The molecule has 3 nitrogen and oxygen atoms in total. The average molecular weight is 312 g/mol. The molecule has 0 bridgehead atoms. The molecule has 1 unspecified atom stereocenters. The van der Waals surface area contributed by atoms with E-state index in [2.05, 4.69) is 25.9 Å². The van der Waals surface area contributed by atoms with Gasteiger partial charge in [-0.1, -0.05) is 50.0 Å². The zero-order valence-electron chi connectivity index (χ0n) is 12.1. The average Bonchev–Trinajstić information content (AvgIpc) is 2.66. The number of halogens is 2. The van der Waals surface area contributed by atoms with Gasteiger partial charge in [-0.15, -0.1) is 0 Å². The van der Waals surface area contributed by atoms with Crippen molar-refractivity contribution in [3.63, 3.8) is 0 Å². The normalized spacial score (nSPS) is 12.9. The van der Waals surface area contributed by atoms with Crippen molar-refractivity contribution in [3.8, 4) is 11.1 Å². The topological polar surface area (TPSA) is 43.8 Å². The van der Waals surface area contributed by atoms with Gasteiger partial charge in [0.15, 0.2) is 0 Å². The number of hydrogen-bond donors (Lipinski definition) is 1. The maximum absolute atomic E-state index is 6.32. The number of aryl methyl sites for hydroxylation is 1. The Bertz CT molecular complexity index is 612. The van der Waals surface area contributed by atoms with Crippen molar-refractivity contribution in [1.29, 1.82) is 0 Å². The molecule has 108 valence electrons. The summed E-state index contributed by atoms with van der Waals surface area (Å²) in [5.74, 6) is 1.30. The van der Waals surface area contributed by atoms with Gasteiger partial charge in [0.2, 0.25) is 0 Å². The molecule has 1 heterocycles. The molecule has 2 rings (SSSR count). The molecule has 2 N–H and O–H groups in total. The van der Waals surface area contributed by atoms with E-state index < -0.39 is 0 Å². The number of benzene rings is 1. The molecular formula is C15H19Cl2N3. The molecule has 0 spiro atoms. The Kier molecular flexibility index (Phi) is 4.31. The Hall–Kier alpha value is -1.19. The van der Waals surface area contributed by atoms with Gasteiger partial charge in [0.1, 0.15) is 5.82 Å². The Balaban J connectivity index is 2.74. The van der Waals surface area contributed by atoms with Crippen molar-refractivity contribution >= 4 is 29.0 Å². The summed E-state index contributed by atoms with van der Waals surface area (Å²) >= 11 is 12.6. The molecular weight excluding hydrogens is 293 g/mol. The molecule has 0 aliphatic rings. The lowest BCUT2D eigenvalue weighted by Crippen LogP contribution is -2.05. The molecule has 5 heteroatoms. The predicted octanol–water partition coefficient (Wildman–Crippen LogP) is 4.74. The zero-order chi connectivity index (χ0) is 15.0. The van der Waals surface area contributed by atoms with E-state index in [-0.39, 0.29) is 5.92 Å². The number of anilines is 1. The van der Waals surface area contributed by atoms with Crippen LogP contribution in [0.15, 0.2) is 18.2 Å². The Labute approximate surface area is 129 Å². The van der Waals surface area contributed by atoms with Gasteiger partial charge in [-0.25, -0.2) is 0 Å². The van der Waals surface area contributed by atoms with Gasteiger partial charge in [-0.3, -0.25) is 4.68 Å². The first-order valence-electron chi connectivity index (χ1n) is 6.61. The summed E-state index contributed by atoms with van der Waals surface area (Å²) in [6.45, 7) is 6.46. The van der Waals surface area contributed by atoms with Crippen molar-refractivity contribution in [2.45, 2.75) is 26.7 Å². The summed E-state index contributed by atoms with van der Waals surface area (Å²) in [4.78, 5) is 0. The highest BCUT2D eigenvalue weighted by Gasteiger charge is 2.25. The number of rotatable bonds is 3. The van der Waals surface area contributed by atoms with Crippen molar-refractivity contribution in [2.24, 2.45) is 13.0 Å². The minimum absolute atomic E-state index is 0.265. The molecule has 1 aromatic carbocycles. The summed E-state index contributed by atoms with van der Waals surface area (Å²) in [7, 11) is 1.83. The molecule has 1 atom stereocenters. The van der Waals surface area contributed by atoms with E-state index in [1.54, 1.807) is 4.68 Å². The summed E-state index contributed by atoms with van der Waals surface area (Å²) in [6.07, 6.45) is 0. The predicted molar refractivity (Wildman–Crippen MR) is 86.3 cm³/mol. The molecule has 0 saturated heterocycles. The van der Waals surface area contributed by atoms with Gasteiger partial charge in [0, 0.05) is 18.5 Å². The second-order valence-corrected chi connectivity index (χ2v) is 6.21. The van der Waals surface area contributed by atoms with E-state index in [0.717, 1.165) is 16.8 Å². The van der Waals surface area contributed by atoms with Crippen LogP contribution in [0.4, 0.5) is 5.82 Å². The largest absolute Gasteiger partial charge is 0.383 e. The fraction of sp³-hybridized carbons (Fsp3) is 0.400. The van der Waals surface area contributed by atoms with Crippen LogP contribution in [0.5, 0.6) is 0 Å². The molecule has 0 saturated carbocycles. The van der Waals surface area contributed by atoms with E-state index in [9.17, 15) is 0 Å². The van der Waals surface area contributed by atoms with Gasteiger partial charge in [-0.05, 0) is 18.1 Å². The number of nitrogen functional groups attached to an aromatic ring is 1. The molecule has 0 aliphatic heterocycles. The summed E-state index contributed by atoms with van der Waals surface area (Å²) < 4.78 is 1.68. The third-order valence-corrected chi connectivity index (χ3v) is 4.39. The maximum atomic E-state index is 6.32. The Morgan fingerprint density at radius 2 is 1.65 bits per heavy atom. The monoisotopic (exact) mass is 311 g/mol. The molecule has 20 heavy (non-hydrogen) atoms. The standard InChI is InChI=1S/C15H19Cl2N3/c1-8(2)9(3)14-13(15(18)20(4)19-14)12-10(16)6-5-7-11(12)17/h5-9H,18H2,1-4H3. The van der Waals surface area contributed by atoms with Crippen molar-refractivity contribution in [2.75, 3.05) is 5.73 Å². The Morgan fingerprint density at radius 3 is 2.15 bits per heavy atom. The van der Waals surface area contributed by atoms with Crippen LogP contribution in [0.1, 0.15) is 32.4 Å². The van der Waals surface area contributed by atoms with Crippen LogP contribution < -0.4 is 5.73 Å². The van der Waals surface area contributed by atoms with Crippen LogP contribution in [0, 0.1) is 5.92 Å². The lowest BCUT2D eigenvalue weighted by atomic mass is 9.90. The van der Waals surface area contributed by atoms with Crippen molar-refractivity contribution in [1.82, 2.24) is 9.78 Å². The van der Waals surface area contributed by atoms with Gasteiger partial charge >= 0.3 is 0 Å². The van der Waals surface area contributed by atoms with E-state index in [1.165, 1.54) is 0 Å². The fourth-order valence-electron chi connectivity index (χ4n) is 2.19. The number of nitrogens with two attached hydrogens (primary N) is 1. The fourth-order valence-corrected chi connectivity index (χ4v) is 2.77. The quantitative estimate of drug-likeness (QED) is 0.890. The molecule has 0 fully saturated rings. The molecule has 0 radical (unpaired) electrons. The van der Waals surface area contributed by atoms with E-state index in [0.29, 0.717) is 21.8 Å². The second kappa shape index (κ2) is 5.66. The van der Waals surface area contributed by atoms with Crippen LogP contribution >= 0.6 is 23.2 Å². The lowest BCUT2D eigenvalue weighted by molar-refractivity contribution is 0.517. The number of nitrogens with zero attached hydrogens (tertiary/aromatic N) is 2. The molecule has 2 aromatic rings. The zero-order valence-corrected chi connectivity index (χ0v) is 13.6. The lowest BCUT2D eigenvalue weighted by Gasteiger charge is -2.16. The molecule has 0 aliphatic carbocycles. The van der Waals surface area contributed by atoms with Crippen LogP contribution in [0.25, 0.3) is 11.1 Å². The van der Waals surface area contributed by atoms with Crippen LogP contribution in [0.3, 0.4) is 0 Å². The van der Waals surface area contributed by atoms with Gasteiger partial charge < -0.3 is 5.73 Å². The summed E-state index contributed by atoms with van der Waals surface area (Å²) in [5, 5.41) is 5.75. The first kappa shape index (κ1) is 15.2. The second-order valence-electron chi connectivity index (χ2n) is 5.40. The number of aromatic nitrogens is 2. The minimum atomic E-state index is 0.265. The minimum Gasteiger partial charge on any atom is -0.383 e. The van der Waals surface area contributed by atoms with Gasteiger partial charge in [-0.2, -0.15) is 5.10 Å². The van der Waals surface area contributed by atoms with E-state index in [4.69, 9.17) is 28.9 Å². The van der Waals surface area contributed by atoms with E-state index in [1.807, 2.05) is 25.2 Å². The summed E-state index contributed by atoms with van der Waals surface area (Å²) in [5.41, 5.74) is 8.75. The summed E-state index contributed by atoms with van der Waals surface area (Å²) in [6, 6.07) is 5.46. The molecule has 0 amide bonds. The molecule has 1 aromatic heterocycles. The first-order chi connectivity index (χ1) is 9.34. The van der Waals surface area contributed by atoms with Crippen LogP contribution in [0.2, 0.25) is 10.0 Å². The Morgan fingerprint density at radius 1 is 1.10 bits per heavy atom. The van der Waals surface area contributed by atoms with E-state index >= 15 is 0 Å².